The smallest absolute Gasteiger partial charge is 0.325 e. The van der Waals surface area contributed by atoms with E-state index >= 15 is 0 Å². The van der Waals surface area contributed by atoms with E-state index in [1.165, 1.54) is 6.92 Å². The first kappa shape index (κ1) is 15.9. The summed E-state index contributed by atoms with van der Waals surface area (Å²) < 4.78 is 10.5. The Balaban J connectivity index is 2.14. The summed E-state index contributed by atoms with van der Waals surface area (Å²) in [5.41, 5.74) is 2.08. The largest absolute Gasteiger partial charge is 0.493 e. The molecule has 0 saturated heterocycles. The molecular weight excluding hydrogens is 288 g/mol. The number of carbonyl (C=O) groups excluding carboxylic acids is 1. The number of carbonyl (C=O) groups is 2. The van der Waals surface area contributed by atoms with Gasteiger partial charge in [-0.1, -0.05) is 0 Å². The summed E-state index contributed by atoms with van der Waals surface area (Å²) in [5, 5.41) is 11.3. The Hall–Kier alpha value is -2.44. The quantitative estimate of drug-likeness (QED) is 0.874. The second-order valence-electron chi connectivity index (χ2n) is 5.16. The highest BCUT2D eigenvalue weighted by atomic mass is 16.5. The standard InChI is InChI=1S/C15H20N2O5/c1-9(14(18)19)16-15(20)17-5-4-10-6-12(21-2)13(22-3)7-11(10)8-17/h6-7,9H,4-5,8H2,1-3H3,(H,16,20)(H,18,19)/t9-/m1/s1. The van der Waals surface area contributed by atoms with Crippen LogP contribution >= 0.6 is 0 Å². The molecule has 1 aromatic rings. The molecule has 0 aliphatic carbocycles. The minimum Gasteiger partial charge on any atom is -0.493 e. The van der Waals surface area contributed by atoms with Crippen LogP contribution in [0.25, 0.3) is 0 Å². The van der Waals surface area contributed by atoms with E-state index in [4.69, 9.17) is 14.6 Å². The number of rotatable bonds is 4. The van der Waals surface area contributed by atoms with E-state index < -0.39 is 12.0 Å². The average molecular weight is 308 g/mol. The highest BCUT2D eigenvalue weighted by Gasteiger charge is 2.24. The van der Waals surface area contributed by atoms with Crippen LogP contribution in [0.1, 0.15) is 18.1 Å². The van der Waals surface area contributed by atoms with Crippen molar-refractivity contribution < 1.29 is 24.2 Å². The summed E-state index contributed by atoms with van der Waals surface area (Å²) in [6.45, 7) is 2.38. The van der Waals surface area contributed by atoms with Crippen LogP contribution in [-0.2, 0) is 17.8 Å². The molecular formula is C15H20N2O5. The lowest BCUT2D eigenvalue weighted by molar-refractivity contribution is -0.138. The van der Waals surface area contributed by atoms with E-state index in [0.717, 1.165) is 11.1 Å². The molecule has 0 spiro atoms. The Kier molecular flexibility index (Phi) is 4.75. The van der Waals surface area contributed by atoms with Crippen molar-refractivity contribution in [2.75, 3.05) is 20.8 Å². The Bertz CT molecular complexity index is 588. The topological polar surface area (TPSA) is 88.1 Å². The van der Waals surface area contributed by atoms with Crippen LogP contribution in [0.2, 0.25) is 0 Å². The molecule has 0 saturated carbocycles. The van der Waals surface area contributed by atoms with Crippen molar-refractivity contribution in [2.24, 2.45) is 0 Å². The Morgan fingerprint density at radius 3 is 2.36 bits per heavy atom. The predicted molar refractivity (Wildman–Crippen MR) is 79.3 cm³/mol. The number of nitrogens with one attached hydrogen (secondary N) is 1. The first-order chi connectivity index (χ1) is 10.5. The number of carboxylic acids is 1. The Morgan fingerprint density at radius 1 is 1.23 bits per heavy atom. The fourth-order valence-corrected chi connectivity index (χ4v) is 2.39. The fourth-order valence-electron chi connectivity index (χ4n) is 2.39. The molecule has 1 aromatic carbocycles. The van der Waals surface area contributed by atoms with Crippen molar-refractivity contribution in [2.45, 2.75) is 25.9 Å². The molecule has 1 aliphatic heterocycles. The summed E-state index contributed by atoms with van der Waals surface area (Å²) in [6.07, 6.45) is 0.685. The first-order valence-corrected chi connectivity index (χ1v) is 6.98. The normalized spacial score (nSPS) is 14.8. The highest BCUT2D eigenvalue weighted by molar-refractivity contribution is 5.82. The third-order valence-corrected chi connectivity index (χ3v) is 3.72. The molecule has 0 bridgehead atoms. The number of methoxy groups -OCH3 is 2. The number of fused-ring (bicyclic) bond motifs is 1. The maximum Gasteiger partial charge on any atom is 0.325 e. The van der Waals surface area contributed by atoms with Crippen LogP contribution in [0.15, 0.2) is 12.1 Å². The van der Waals surface area contributed by atoms with E-state index in [1.54, 1.807) is 19.1 Å². The van der Waals surface area contributed by atoms with E-state index in [0.29, 0.717) is 31.0 Å². The zero-order valence-corrected chi connectivity index (χ0v) is 12.9. The monoisotopic (exact) mass is 308 g/mol. The second kappa shape index (κ2) is 6.55. The van der Waals surface area contributed by atoms with E-state index in [2.05, 4.69) is 5.32 Å². The highest BCUT2D eigenvalue weighted by Crippen LogP contribution is 2.33. The number of ether oxygens (including phenoxy) is 2. The molecule has 2 rings (SSSR count). The van der Waals surface area contributed by atoms with Crippen LogP contribution in [0, 0.1) is 0 Å². The molecule has 1 heterocycles. The summed E-state index contributed by atoms with van der Waals surface area (Å²) in [6, 6.07) is 2.48. The van der Waals surface area contributed by atoms with Gasteiger partial charge < -0.3 is 24.8 Å². The van der Waals surface area contributed by atoms with Crippen molar-refractivity contribution in [3.8, 4) is 11.5 Å². The van der Waals surface area contributed by atoms with E-state index in [-0.39, 0.29) is 6.03 Å². The lowest BCUT2D eigenvalue weighted by Crippen LogP contribution is -2.48. The molecule has 2 amide bonds. The lowest BCUT2D eigenvalue weighted by atomic mass is 9.99. The van der Waals surface area contributed by atoms with Crippen molar-refractivity contribution in [3.63, 3.8) is 0 Å². The molecule has 7 nitrogen and oxygen atoms in total. The molecule has 1 aliphatic rings. The summed E-state index contributed by atoms with van der Waals surface area (Å²) >= 11 is 0. The van der Waals surface area contributed by atoms with Crippen LogP contribution < -0.4 is 14.8 Å². The molecule has 0 aromatic heterocycles. The maximum atomic E-state index is 12.1. The zero-order chi connectivity index (χ0) is 16.3. The number of urea groups is 1. The third kappa shape index (κ3) is 3.24. The van der Waals surface area contributed by atoms with Gasteiger partial charge in [-0.3, -0.25) is 4.79 Å². The summed E-state index contributed by atoms with van der Waals surface area (Å²) in [5.74, 6) is 0.221. The molecule has 1 atom stereocenters. The van der Waals surface area contributed by atoms with Gasteiger partial charge in [-0.05, 0) is 36.6 Å². The Labute approximate surface area is 128 Å². The molecule has 120 valence electrons. The van der Waals surface area contributed by atoms with Gasteiger partial charge in [0.05, 0.1) is 14.2 Å². The van der Waals surface area contributed by atoms with Crippen molar-refractivity contribution in [1.29, 1.82) is 0 Å². The number of amides is 2. The molecule has 2 N–H and O–H groups in total. The minimum absolute atomic E-state index is 0.379. The molecule has 22 heavy (non-hydrogen) atoms. The van der Waals surface area contributed by atoms with Gasteiger partial charge in [0.25, 0.3) is 0 Å². The van der Waals surface area contributed by atoms with Crippen molar-refractivity contribution >= 4 is 12.0 Å². The third-order valence-electron chi connectivity index (χ3n) is 3.72. The number of carboxylic acid groups (broad SMARTS) is 1. The number of hydrogen-bond donors (Lipinski definition) is 2. The first-order valence-electron chi connectivity index (χ1n) is 6.98. The molecule has 7 heteroatoms. The van der Waals surface area contributed by atoms with Crippen LogP contribution in [0.3, 0.4) is 0 Å². The number of aliphatic carboxylic acids is 1. The number of nitrogens with zero attached hydrogens (tertiary/aromatic N) is 1. The van der Waals surface area contributed by atoms with Gasteiger partial charge in [0.2, 0.25) is 0 Å². The van der Waals surface area contributed by atoms with Crippen LogP contribution in [-0.4, -0.2) is 48.8 Å². The summed E-state index contributed by atoms with van der Waals surface area (Å²) in [7, 11) is 3.15. The number of benzene rings is 1. The number of hydrogen-bond acceptors (Lipinski definition) is 4. The second-order valence-corrected chi connectivity index (χ2v) is 5.16. The van der Waals surface area contributed by atoms with Gasteiger partial charge in [0.1, 0.15) is 6.04 Å². The predicted octanol–water partition coefficient (Wildman–Crippen LogP) is 1.24. The van der Waals surface area contributed by atoms with Crippen LogP contribution in [0.5, 0.6) is 11.5 Å². The molecule has 0 radical (unpaired) electrons. The molecule has 0 unspecified atom stereocenters. The van der Waals surface area contributed by atoms with Crippen LogP contribution in [0.4, 0.5) is 4.79 Å². The van der Waals surface area contributed by atoms with Crippen molar-refractivity contribution in [3.05, 3.63) is 23.3 Å². The fraction of sp³-hybridized carbons (Fsp3) is 0.467. The SMILES string of the molecule is COc1cc2c(cc1OC)CN(C(=O)N[C@H](C)C(=O)O)CC2. The minimum atomic E-state index is -1.06. The zero-order valence-electron chi connectivity index (χ0n) is 12.9. The van der Waals surface area contributed by atoms with Crippen molar-refractivity contribution in [1.82, 2.24) is 10.2 Å². The van der Waals surface area contributed by atoms with Gasteiger partial charge in [-0.15, -0.1) is 0 Å². The summed E-state index contributed by atoms with van der Waals surface area (Å²) in [4.78, 5) is 24.5. The van der Waals surface area contributed by atoms with Gasteiger partial charge in [0, 0.05) is 13.1 Å². The van der Waals surface area contributed by atoms with E-state index in [9.17, 15) is 9.59 Å². The van der Waals surface area contributed by atoms with Gasteiger partial charge in [-0.25, -0.2) is 4.79 Å². The van der Waals surface area contributed by atoms with Gasteiger partial charge in [-0.2, -0.15) is 0 Å². The molecule has 0 fully saturated rings. The van der Waals surface area contributed by atoms with E-state index in [1.807, 2.05) is 12.1 Å². The van der Waals surface area contributed by atoms with Gasteiger partial charge in [0.15, 0.2) is 11.5 Å². The Morgan fingerprint density at radius 2 is 1.82 bits per heavy atom. The maximum absolute atomic E-state index is 12.1. The average Bonchev–Trinajstić information content (AvgIpc) is 2.52. The lowest BCUT2D eigenvalue weighted by Gasteiger charge is -2.30. The van der Waals surface area contributed by atoms with Gasteiger partial charge >= 0.3 is 12.0 Å².